The van der Waals surface area contributed by atoms with E-state index in [1.165, 1.54) is 4.90 Å². The number of halogens is 5. The van der Waals surface area contributed by atoms with Crippen molar-refractivity contribution in [3.63, 3.8) is 0 Å². The Morgan fingerprint density at radius 3 is 2.65 bits per heavy atom. The highest BCUT2D eigenvalue weighted by Gasteiger charge is 2.40. The molecule has 146 valence electrons. The van der Waals surface area contributed by atoms with Crippen molar-refractivity contribution in [1.82, 2.24) is 15.1 Å². The fourth-order valence-corrected chi connectivity index (χ4v) is 2.81. The van der Waals surface area contributed by atoms with Crippen LogP contribution in [-0.4, -0.2) is 52.3 Å². The van der Waals surface area contributed by atoms with Gasteiger partial charge in [-0.15, -0.1) is 0 Å². The summed E-state index contributed by atoms with van der Waals surface area (Å²) < 4.78 is 63.2. The summed E-state index contributed by atoms with van der Waals surface area (Å²) in [6.07, 6.45) is -6.28. The third-order valence-corrected chi connectivity index (χ3v) is 3.92. The van der Waals surface area contributed by atoms with Gasteiger partial charge in [-0.05, 0) is 19.3 Å². The molecule has 1 aromatic rings. The predicted molar refractivity (Wildman–Crippen MR) is 78.9 cm³/mol. The maximum absolute atomic E-state index is 12.7. The van der Waals surface area contributed by atoms with Gasteiger partial charge in [-0.2, -0.15) is 18.3 Å². The number of amides is 1. The topological polar surface area (TPSA) is 93.3 Å². The highest BCUT2D eigenvalue weighted by atomic mass is 19.4. The van der Waals surface area contributed by atoms with Gasteiger partial charge in [-0.1, -0.05) is 0 Å². The molecule has 2 rings (SSSR count). The normalized spacial score (nSPS) is 18.7. The first kappa shape index (κ1) is 19.8. The third kappa shape index (κ3) is 4.79. The average Bonchev–Trinajstić information content (AvgIpc) is 2.78. The number of carbonyl (C=O) groups is 1. The summed E-state index contributed by atoms with van der Waals surface area (Å²) in [5, 5.41) is 16.6. The average molecular weight is 385 g/mol. The maximum Gasteiger partial charge on any atom is 0.471 e. The standard InChI is InChI=1S/C13H16F5N5O3/c14-10(15)7-22-11(9(6-19-22)23(25)26)21-4-1-2-8(3-5-21)20-12(24)13(16,17)18/h6,8,10H,1-5,7H2,(H,20,24)/t8-/m1/s1. The van der Waals surface area contributed by atoms with Gasteiger partial charge in [0.15, 0.2) is 0 Å². The van der Waals surface area contributed by atoms with Crippen molar-refractivity contribution >= 4 is 17.4 Å². The number of nitro groups is 1. The van der Waals surface area contributed by atoms with E-state index in [0.29, 0.717) is 6.42 Å². The third-order valence-electron chi connectivity index (χ3n) is 3.92. The molecule has 1 aliphatic rings. The van der Waals surface area contributed by atoms with Crippen molar-refractivity contribution < 1.29 is 31.7 Å². The lowest BCUT2D eigenvalue weighted by Gasteiger charge is -2.23. The second kappa shape index (κ2) is 7.83. The number of anilines is 1. The van der Waals surface area contributed by atoms with Crippen LogP contribution in [-0.2, 0) is 11.3 Å². The second-order valence-corrected chi connectivity index (χ2v) is 5.77. The lowest BCUT2D eigenvalue weighted by atomic mass is 10.1. The molecule has 0 aromatic carbocycles. The minimum atomic E-state index is -5.00. The number of aromatic nitrogens is 2. The Labute approximate surface area is 144 Å². The van der Waals surface area contributed by atoms with Crippen LogP contribution >= 0.6 is 0 Å². The van der Waals surface area contributed by atoms with E-state index in [-0.39, 0.29) is 31.7 Å². The van der Waals surface area contributed by atoms with Crippen molar-refractivity contribution in [2.45, 2.75) is 44.5 Å². The molecule has 0 aliphatic carbocycles. The summed E-state index contributed by atoms with van der Waals surface area (Å²) in [7, 11) is 0. The van der Waals surface area contributed by atoms with E-state index < -0.39 is 41.7 Å². The first-order chi connectivity index (χ1) is 12.1. The van der Waals surface area contributed by atoms with Gasteiger partial charge >= 0.3 is 17.8 Å². The number of nitrogens with zero attached hydrogens (tertiary/aromatic N) is 4. The Balaban J connectivity index is 2.14. The van der Waals surface area contributed by atoms with Crippen LogP contribution in [0.3, 0.4) is 0 Å². The summed E-state index contributed by atoms with van der Waals surface area (Å²) in [5.74, 6) is -2.16. The number of nitrogens with one attached hydrogen (secondary N) is 1. The van der Waals surface area contributed by atoms with Gasteiger partial charge in [-0.25, -0.2) is 13.5 Å². The molecule has 0 unspecified atom stereocenters. The van der Waals surface area contributed by atoms with Crippen LogP contribution < -0.4 is 10.2 Å². The fourth-order valence-electron chi connectivity index (χ4n) is 2.81. The van der Waals surface area contributed by atoms with Crippen molar-refractivity contribution in [2.75, 3.05) is 18.0 Å². The number of rotatable bonds is 5. The van der Waals surface area contributed by atoms with Gasteiger partial charge in [0.2, 0.25) is 5.82 Å². The van der Waals surface area contributed by atoms with E-state index in [1.54, 1.807) is 0 Å². The molecule has 1 aliphatic heterocycles. The van der Waals surface area contributed by atoms with Crippen LogP contribution in [0.4, 0.5) is 33.5 Å². The van der Waals surface area contributed by atoms with Gasteiger partial charge in [0.25, 0.3) is 6.43 Å². The van der Waals surface area contributed by atoms with Crippen molar-refractivity contribution in [3.05, 3.63) is 16.3 Å². The van der Waals surface area contributed by atoms with Crippen molar-refractivity contribution in [2.24, 2.45) is 0 Å². The number of alkyl halides is 5. The number of hydrogen-bond acceptors (Lipinski definition) is 5. The van der Waals surface area contributed by atoms with E-state index in [4.69, 9.17) is 0 Å². The van der Waals surface area contributed by atoms with Crippen LogP contribution in [0.1, 0.15) is 19.3 Å². The van der Waals surface area contributed by atoms with E-state index >= 15 is 0 Å². The zero-order chi connectivity index (χ0) is 19.5. The van der Waals surface area contributed by atoms with E-state index in [2.05, 4.69) is 5.10 Å². The van der Waals surface area contributed by atoms with Crippen LogP contribution in [0.2, 0.25) is 0 Å². The Morgan fingerprint density at radius 1 is 1.38 bits per heavy atom. The highest BCUT2D eigenvalue weighted by molar-refractivity contribution is 5.81. The summed E-state index contributed by atoms with van der Waals surface area (Å²) in [6, 6.07) is -0.764. The molecular weight excluding hydrogens is 369 g/mol. The van der Waals surface area contributed by atoms with E-state index in [1.807, 2.05) is 5.32 Å². The minimum absolute atomic E-state index is 0.0541. The Morgan fingerprint density at radius 2 is 2.08 bits per heavy atom. The summed E-state index contributed by atoms with van der Waals surface area (Å²) in [5.41, 5.74) is -0.455. The van der Waals surface area contributed by atoms with Crippen LogP contribution in [0.25, 0.3) is 0 Å². The molecule has 1 amide bonds. The molecule has 1 saturated heterocycles. The lowest BCUT2D eigenvalue weighted by Crippen LogP contribution is -2.43. The molecule has 0 spiro atoms. The number of carbonyl (C=O) groups excluding carboxylic acids is 1. The van der Waals surface area contributed by atoms with Crippen LogP contribution in [0, 0.1) is 10.1 Å². The molecule has 2 heterocycles. The minimum Gasteiger partial charge on any atom is -0.351 e. The summed E-state index contributed by atoms with van der Waals surface area (Å²) >= 11 is 0. The lowest BCUT2D eigenvalue weighted by molar-refractivity contribution is -0.384. The first-order valence-corrected chi connectivity index (χ1v) is 7.70. The Hall–Kier alpha value is -2.47. The highest BCUT2D eigenvalue weighted by Crippen LogP contribution is 2.30. The van der Waals surface area contributed by atoms with Gasteiger partial charge in [0, 0.05) is 19.1 Å². The quantitative estimate of drug-likeness (QED) is 0.476. The molecule has 1 atom stereocenters. The predicted octanol–water partition coefficient (Wildman–Crippen LogP) is 2.09. The number of hydrogen-bond donors (Lipinski definition) is 1. The maximum atomic E-state index is 12.7. The zero-order valence-corrected chi connectivity index (χ0v) is 13.4. The van der Waals surface area contributed by atoms with E-state index in [0.717, 1.165) is 10.9 Å². The van der Waals surface area contributed by atoms with Gasteiger partial charge in [0.1, 0.15) is 12.7 Å². The largest absolute Gasteiger partial charge is 0.471 e. The molecule has 0 bridgehead atoms. The van der Waals surface area contributed by atoms with Gasteiger partial charge in [0.05, 0.1) is 4.92 Å². The SMILES string of the molecule is O=C(N[C@@H]1CCCN(c2c([N+](=O)[O-])cnn2CC(F)F)CC1)C(F)(F)F. The van der Waals surface area contributed by atoms with Crippen LogP contribution in [0.15, 0.2) is 6.20 Å². The van der Waals surface area contributed by atoms with Crippen LogP contribution in [0.5, 0.6) is 0 Å². The molecule has 13 heteroatoms. The summed E-state index contributed by atoms with van der Waals surface area (Å²) in [4.78, 5) is 22.8. The molecule has 0 saturated carbocycles. The van der Waals surface area contributed by atoms with Crippen molar-refractivity contribution in [3.8, 4) is 0 Å². The summed E-state index contributed by atoms with van der Waals surface area (Å²) in [6.45, 7) is -0.583. The molecule has 1 N–H and O–H groups in total. The molecule has 1 aromatic heterocycles. The molecular formula is C13H16F5N5O3. The smallest absolute Gasteiger partial charge is 0.351 e. The fraction of sp³-hybridized carbons (Fsp3) is 0.692. The Kier molecular flexibility index (Phi) is 5.97. The first-order valence-electron chi connectivity index (χ1n) is 7.70. The molecule has 8 nitrogen and oxygen atoms in total. The van der Waals surface area contributed by atoms with Crippen molar-refractivity contribution in [1.29, 1.82) is 0 Å². The van der Waals surface area contributed by atoms with E-state index in [9.17, 15) is 36.9 Å². The molecule has 1 fully saturated rings. The van der Waals surface area contributed by atoms with Gasteiger partial charge < -0.3 is 10.2 Å². The molecule has 0 radical (unpaired) electrons. The molecule has 26 heavy (non-hydrogen) atoms. The second-order valence-electron chi connectivity index (χ2n) is 5.77. The monoisotopic (exact) mass is 385 g/mol. The van der Waals surface area contributed by atoms with Gasteiger partial charge in [-0.3, -0.25) is 14.9 Å². The Bertz CT molecular complexity index is 663. The zero-order valence-electron chi connectivity index (χ0n) is 13.4.